The number of hydrogen-bond donors (Lipinski definition) is 2. The van der Waals surface area contributed by atoms with Crippen LogP contribution in [0.1, 0.15) is 12.0 Å². The van der Waals surface area contributed by atoms with E-state index in [1.165, 1.54) is 0 Å². The third-order valence-corrected chi connectivity index (χ3v) is 3.34. The first-order valence-electron chi connectivity index (χ1n) is 4.96. The highest BCUT2D eigenvalue weighted by Gasteiger charge is 2.10. The van der Waals surface area contributed by atoms with Gasteiger partial charge in [-0.05, 0) is 24.1 Å². The lowest BCUT2D eigenvalue weighted by Gasteiger charge is -2.06. The van der Waals surface area contributed by atoms with Crippen molar-refractivity contribution >= 4 is 15.7 Å². The molecule has 0 aliphatic carbocycles. The zero-order valence-electron chi connectivity index (χ0n) is 9.02. The summed E-state index contributed by atoms with van der Waals surface area (Å²) in [4.78, 5) is 0. The van der Waals surface area contributed by atoms with E-state index >= 15 is 0 Å². The summed E-state index contributed by atoms with van der Waals surface area (Å²) in [5.41, 5.74) is 6.83. The Labute approximate surface area is 96.2 Å². The lowest BCUT2D eigenvalue weighted by Crippen LogP contribution is -2.25. The maximum absolute atomic E-state index is 11.6. The summed E-state index contributed by atoms with van der Waals surface area (Å²) < 4.78 is 25.7. The molecule has 5 heteroatoms. The Balaban J connectivity index is 2.62. The Hall–Kier alpha value is -1.33. The van der Waals surface area contributed by atoms with Crippen molar-refractivity contribution in [3.63, 3.8) is 0 Å². The highest BCUT2D eigenvalue weighted by Crippen LogP contribution is 2.09. The Morgan fingerprint density at radius 3 is 2.81 bits per heavy atom. The number of nitrogens with one attached hydrogen (secondary N) is 1. The van der Waals surface area contributed by atoms with Gasteiger partial charge >= 0.3 is 0 Å². The Bertz CT molecular complexity index is 455. The molecule has 3 N–H and O–H groups in total. The van der Waals surface area contributed by atoms with Crippen molar-refractivity contribution < 1.29 is 8.42 Å². The van der Waals surface area contributed by atoms with E-state index in [-0.39, 0.29) is 5.75 Å². The molecule has 1 rings (SSSR count). The van der Waals surface area contributed by atoms with E-state index in [1.807, 2.05) is 0 Å². The third kappa shape index (κ3) is 4.46. The topological polar surface area (TPSA) is 72.2 Å². The van der Waals surface area contributed by atoms with Gasteiger partial charge in [0.05, 0.1) is 5.75 Å². The molecule has 0 amide bonds. The number of nitrogen functional groups attached to an aromatic ring is 1. The maximum Gasteiger partial charge on any atom is 0.215 e. The first kappa shape index (κ1) is 12.7. The molecule has 1 aromatic carbocycles. The van der Waals surface area contributed by atoms with Gasteiger partial charge in [-0.15, -0.1) is 6.58 Å². The molecular formula is C11H16N2O2S. The lowest BCUT2D eigenvalue weighted by molar-refractivity contribution is 0.581. The number of anilines is 1. The second-order valence-corrected chi connectivity index (χ2v) is 5.28. The van der Waals surface area contributed by atoms with Crippen LogP contribution in [0.3, 0.4) is 0 Å². The molecular weight excluding hydrogens is 224 g/mol. The fourth-order valence-electron chi connectivity index (χ4n) is 1.27. The average molecular weight is 240 g/mol. The number of nitrogens with two attached hydrogens (primary N) is 1. The fourth-order valence-corrected chi connectivity index (χ4v) is 2.42. The second kappa shape index (κ2) is 5.67. The number of hydrogen-bond acceptors (Lipinski definition) is 3. The molecule has 0 saturated carbocycles. The molecule has 0 aromatic heterocycles. The lowest BCUT2D eigenvalue weighted by atomic mass is 10.2. The van der Waals surface area contributed by atoms with E-state index in [0.29, 0.717) is 24.2 Å². The highest BCUT2D eigenvalue weighted by molar-refractivity contribution is 7.88. The van der Waals surface area contributed by atoms with Crippen molar-refractivity contribution in [3.8, 4) is 0 Å². The SMILES string of the molecule is C=CCCNS(=O)(=O)Cc1cccc(N)c1. The summed E-state index contributed by atoms with van der Waals surface area (Å²) >= 11 is 0. The van der Waals surface area contributed by atoms with Crippen molar-refractivity contribution in [2.45, 2.75) is 12.2 Å². The van der Waals surface area contributed by atoms with Gasteiger partial charge in [0.1, 0.15) is 0 Å². The van der Waals surface area contributed by atoms with Gasteiger partial charge in [0.15, 0.2) is 0 Å². The van der Waals surface area contributed by atoms with Gasteiger partial charge in [0.2, 0.25) is 10.0 Å². The average Bonchev–Trinajstić information content (AvgIpc) is 2.17. The molecule has 0 atom stereocenters. The van der Waals surface area contributed by atoms with Crippen LogP contribution in [0.2, 0.25) is 0 Å². The largest absolute Gasteiger partial charge is 0.399 e. The normalized spacial score (nSPS) is 11.2. The maximum atomic E-state index is 11.6. The standard InChI is InChI=1S/C11H16N2O2S/c1-2-3-7-13-16(14,15)9-10-5-4-6-11(12)8-10/h2,4-6,8,13H,1,3,7,9,12H2. The molecule has 0 fully saturated rings. The van der Waals surface area contributed by atoms with Crippen molar-refractivity contribution in [2.24, 2.45) is 0 Å². The van der Waals surface area contributed by atoms with Crippen LogP contribution in [0.4, 0.5) is 5.69 Å². The predicted octanol–water partition coefficient (Wildman–Crippen LogP) is 1.26. The molecule has 0 bridgehead atoms. The van der Waals surface area contributed by atoms with Crippen LogP contribution in [-0.2, 0) is 15.8 Å². The highest BCUT2D eigenvalue weighted by atomic mass is 32.2. The zero-order chi connectivity index (χ0) is 12.0. The first-order valence-corrected chi connectivity index (χ1v) is 6.61. The summed E-state index contributed by atoms with van der Waals surface area (Å²) in [6.45, 7) is 3.91. The summed E-state index contributed by atoms with van der Waals surface area (Å²) in [6.07, 6.45) is 2.29. The summed E-state index contributed by atoms with van der Waals surface area (Å²) in [7, 11) is -3.28. The molecule has 1 aromatic rings. The number of rotatable bonds is 6. The van der Waals surface area contributed by atoms with Crippen LogP contribution < -0.4 is 10.5 Å². The molecule has 88 valence electrons. The Kier molecular flexibility index (Phi) is 4.52. The van der Waals surface area contributed by atoms with Crippen molar-refractivity contribution in [2.75, 3.05) is 12.3 Å². The summed E-state index contributed by atoms with van der Waals surface area (Å²) in [6, 6.07) is 6.86. The van der Waals surface area contributed by atoms with Crippen LogP contribution in [-0.4, -0.2) is 15.0 Å². The quantitative estimate of drug-likeness (QED) is 0.447. The predicted molar refractivity (Wildman–Crippen MR) is 66.3 cm³/mol. The van der Waals surface area contributed by atoms with Crippen LogP contribution in [0.25, 0.3) is 0 Å². The number of benzene rings is 1. The smallest absolute Gasteiger partial charge is 0.215 e. The van der Waals surface area contributed by atoms with Gasteiger partial charge in [0.25, 0.3) is 0 Å². The van der Waals surface area contributed by atoms with Crippen LogP contribution in [0, 0.1) is 0 Å². The molecule has 16 heavy (non-hydrogen) atoms. The minimum atomic E-state index is -3.28. The Morgan fingerprint density at radius 1 is 1.44 bits per heavy atom. The van der Waals surface area contributed by atoms with Crippen LogP contribution in [0.15, 0.2) is 36.9 Å². The van der Waals surface area contributed by atoms with E-state index in [4.69, 9.17) is 5.73 Å². The van der Waals surface area contributed by atoms with Gasteiger partial charge in [0, 0.05) is 12.2 Å². The molecule has 0 radical (unpaired) electrons. The minimum Gasteiger partial charge on any atom is -0.399 e. The van der Waals surface area contributed by atoms with Gasteiger partial charge in [-0.25, -0.2) is 13.1 Å². The van der Waals surface area contributed by atoms with E-state index in [0.717, 1.165) is 0 Å². The molecule has 0 unspecified atom stereocenters. The monoisotopic (exact) mass is 240 g/mol. The van der Waals surface area contributed by atoms with E-state index in [2.05, 4.69) is 11.3 Å². The summed E-state index contributed by atoms with van der Waals surface area (Å²) in [5, 5.41) is 0. The van der Waals surface area contributed by atoms with Crippen molar-refractivity contribution in [1.82, 2.24) is 4.72 Å². The summed E-state index contributed by atoms with van der Waals surface area (Å²) in [5.74, 6) is -0.0464. The molecule has 4 nitrogen and oxygen atoms in total. The molecule has 0 aliphatic rings. The van der Waals surface area contributed by atoms with Gasteiger partial charge < -0.3 is 5.73 Å². The van der Waals surface area contributed by atoms with Crippen molar-refractivity contribution in [3.05, 3.63) is 42.5 Å². The number of sulfonamides is 1. The fraction of sp³-hybridized carbons (Fsp3) is 0.273. The zero-order valence-corrected chi connectivity index (χ0v) is 9.83. The van der Waals surface area contributed by atoms with Crippen molar-refractivity contribution in [1.29, 1.82) is 0 Å². The minimum absolute atomic E-state index is 0.0464. The molecule has 0 saturated heterocycles. The van der Waals surface area contributed by atoms with Gasteiger partial charge in [-0.2, -0.15) is 0 Å². The third-order valence-electron chi connectivity index (χ3n) is 1.98. The molecule has 0 heterocycles. The van der Waals surface area contributed by atoms with E-state index < -0.39 is 10.0 Å². The van der Waals surface area contributed by atoms with Crippen LogP contribution in [0.5, 0.6) is 0 Å². The van der Waals surface area contributed by atoms with Crippen LogP contribution >= 0.6 is 0 Å². The molecule has 0 aliphatic heterocycles. The van der Waals surface area contributed by atoms with E-state index in [9.17, 15) is 8.42 Å². The first-order chi connectivity index (χ1) is 7.53. The van der Waals surface area contributed by atoms with E-state index in [1.54, 1.807) is 30.3 Å². The van der Waals surface area contributed by atoms with Gasteiger partial charge in [-0.3, -0.25) is 0 Å². The second-order valence-electron chi connectivity index (χ2n) is 3.48. The Morgan fingerprint density at radius 2 is 2.19 bits per heavy atom. The van der Waals surface area contributed by atoms with Gasteiger partial charge in [-0.1, -0.05) is 18.2 Å². The molecule has 0 spiro atoms.